The monoisotopic (exact) mass is 205 g/mol. The van der Waals surface area contributed by atoms with Crippen LogP contribution in [0.3, 0.4) is 0 Å². The summed E-state index contributed by atoms with van der Waals surface area (Å²) in [5, 5.41) is 0. The van der Waals surface area contributed by atoms with Gasteiger partial charge in [0.1, 0.15) is 0 Å². The molecule has 0 bridgehead atoms. The summed E-state index contributed by atoms with van der Waals surface area (Å²) in [6.07, 6.45) is 0. The molecule has 65 valence electrons. The molecule has 0 aliphatic carbocycles. The lowest BCUT2D eigenvalue weighted by atomic mass is 11.8. The van der Waals surface area contributed by atoms with E-state index in [0.717, 1.165) is 0 Å². The molecule has 0 N–H and O–H groups in total. The van der Waals surface area contributed by atoms with Crippen molar-refractivity contribution in [3.63, 3.8) is 0 Å². The topological polar surface area (TPSA) is 18.5 Å². The Morgan fingerprint density at radius 2 is 1.00 bits per heavy atom. The van der Waals surface area contributed by atoms with Gasteiger partial charge in [0, 0.05) is 0 Å². The van der Waals surface area contributed by atoms with Crippen LogP contribution < -0.4 is 0 Å². The van der Waals surface area contributed by atoms with Gasteiger partial charge >= 0.3 is 15.9 Å². The van der Waals surface area contributed by atoms with Gasteiger partial charge in [-0.1, -0.05) is 0 Å². The lowest BCUT2D eigenvalue weighted by molar-refractivity contribution is 0.457. The van der Waals surface area contributed by atoms with Gasteiger partial charge in [0.05, 0.1) is 0 Å². The van der Waals surface area contributed by atoms with Crippen LogP contribution >= 0.6 is 0 Å². The zero-order valence-corrected chi connectivity index (χ0v) is 11.5. The summed E-state index contributed by atoms with van der Waals surface area (Å²) in [7, 11) is -2.65. The third-order valence-corrected chi connectivity index (χ3v) is 7.23. The lowest BCUT2D eigenvalue weighted by Gasteiger charge is -2.22. The fourth-order valence-electron chi connectivity index (χ4n) is 0.313. The van der Waals surface area contributed by atoms with Crippen LogP contribution in [0.15, 0.2) is 0 Å². The lowest BCUT2D eigenvalue weighted by Crippen LogP contribution is -2.34. The second kappa shape index (κ2) is 4.22. The fraction of sp³-hybridized carbons (Fsp3) is 1.00. The second-order valence-electron chi connectivity index (χ2n) is 4.56. The predicted molar refractivity (Wildman–Crippen MR) is 54.6 cm³/mol. The summed E-state index contributed by atoms with van der Waals surface area (Å²) in [6.45, 7) is 13.1. The molecule has 0 amide bonds. The van der Waals surface area contributed by atoms with E-state index < -0.39 is 16.6 Å². The summed E-state index contributed by atoms with van der Waals surface area (Å²) in [5.74, 6) is 0. The highest BCUT2D eigenvalue weighted by Gasteiger charge is 2.20. The molecule has 5 heteroatoms. The van der Waals surface area contributed by atoms with E-state index in [-0.39, 0.29) is 15.9 Å². The first-order chi connectivity index (χ1) is 4.71. The molecular formula is C6H18AlO2Si2. The summed E-state index contributed by atoms with van der Waals surface area (Å²) >= 11 is -0.208. The van der Waals surface area contributed by atoms with E-state index >= 15 is 0 Å². The Morgan fingerprint density at radius 1 is 0.727 bits per heavy atom. The van der Waals surface area contributed by atoms with E-state index in [1.807, 2.05) is 0 Å². The molecule has 0 saturated heterocycles. The van der Waals surface area contributed by atoms with E-state index in [4.69, 9.17) is 6.96 Å². The number of hydrogen-bond donors (Lipinski definition) is 0. The minimum Gasteiger partial charge on any atom is -0.529 e. The minimum absolute atomic E-state index is 0.208. The standard InChI is InChI=1S/2C3H9OSi.Al/c2*1-5(2,3)4;/h2*1-3H3;/q2*-1;+2. The Labute approximate surface area is 78.9 Å². The summed E-state index contributed by atoms with van der Waals surface area (Å²) in [5.41, 5.74) is 0. The molecule has 0 aromatic heterocycles. The molecule has 0 atom stereocenters. The van der Waals surface area contributed by atoms with Gasteiger partial charge in [0.15, 0.2) is 16.6 Å². The van der Waals surface area contributed by atoms with Crippen molar-refractivity contribution < 1.29 is 6.96 Å². The van der Waals surface area contributed by atoms with E-state index in [2.05, 4.69) is 39.3 Å². The van der Waals surface area contributed by atoms with E-state index in [9.17, 15) is 0 Å². The number of hydrogen-bond acceptors (Lipinski definition) is 2. The summed E-state index contributed by atoms with van der Waals surface area (Å²) in [4.78, 5) is 0. The average Bonchev–Trinajstić information content (AvgIpc) is 1.55. The third-order valence-electron chi connectivity index (χ3n) is 0.803. The van der Waals surface area contributed by atoms with Gasteiger partial charge in [-0.3, -0.25) is 0 Å². The average molecular weight is 205 g/mol. The van der Waals surface area contributed by atoms with Gasteiger partial charge in [-0.2, -0.15) is 0 Å². The third kappa shape index (κ3) is 10.9. The normalized spacial score (nSPS) is 13.3. The molecule has 0 fully saturated rings. The van der Waals surface area contributed by atoms with Crippen LogP contribution in [0.4, 0.5) is 0 Å². The fourth-order valence-corrected chi connectivity index (χ4v) is 3.25. The molecular weight excluding hydrogens is 187 g/mol. The van der Waals surface area contributed by atoms with Crippen molar-refractivity contribution in [1.29, 1.82) is 0 Å². The zero-order chi connectivity index (χ0) is 9.12. The van der Waals surface area contributed by atoms with E-state index in [1.54, 1.807) is 0 Å². The molecule has 0 aliphatic heterocycles. The number of rotatable bonds is 4. The molecule has 0 unspecified atom stereocenters. The Morgan fingerprint density at radius 3 is 1.18 bits per heavy atom. The molecule has 0 aromatic carbocycles. The van der Waals surface area contributed by atoms with Gasteiger partial charge in [-0.15, -0.1) is 0 Å². The maximum atomic E-state index is 5.64. The highest BCUT2D eigenvalue weighted by molar-refractivity contribution is 6.77. The van der Waals surface area contributed by atoms with Gasteiger partial charge in [0.2, 0.25) is 0 Å². The van der Waals surface area contributed by atoms with Crippen molar-refractivity contribution in [3.05, 3.63) is 0 Å². The Bertz CT molecular complexity index is 103. The van der Waals surface area contributed by atoms with Crippen LogP contribution in [0.25, 0.3) is 0 Å². The first kappa shape index (κ1) is 11.9. The Kier molecular flexibility index (Phi) is 4.56. The first-order valence-corrected chi connectivity index (χ1v) is 11.6. The van der Waals surface area contributed by atoms with Gasteiger partial charge in [0.25, 0.3) is 0 Å². The maximum Gasteiger partial charge on any atom is 0.644 e. The quantitative estimate of drug-likeness (QED) is 0.655. The summed E-state index contributed by atoms with van der Waals surface area (Å²) in [6, 6.07) is 0. The molecule has 0 aliphatic rings. The summed E-state index contributed by atoms with van der Waals surface area (Å²) < 4.78 is 11.3. The molecule has 0 heterocycles. The molecule has 1 radical (unpaired) electrons. The maximum absolute atomic E-state index is 5.64. The van der Waals surface area contributed by atoms with E-state index in [0.29, 0.717) is 0 Å². The predicted octanol–water partition coefficient (Wildman–Crippen LogP) is 2.22. The van der Waals surface area contributed by atoms with Gasteiger partial charge in [-0.05, 0) is 39.3 Å². The first-order valence-electron chi connectivity index (χ1n) is 3.88. The van der Waals surface area contributed by atoms with Crippen LogP contribution in [-0.4, -0.2) is 32.5 Å². The molecule has 0 saturated carbocycles. The Balaban J connectivity index is 3.44. The molecule has 0 spiro atoms. The van der Waals surface area contributed by atoms with Gasteiger partial charge < -0.3 is 6.96 Å². The second-order valence-corrected chi connectivity index (χ2v) is 15.1. The van der Waals surface area contributed by atoms with Crippen LogP contribution in [0, 0.1) is 0 Å². The van der Waals surface area contributed by atoms with Crippen molar-refractivity contribution in [3.8, 4) is 0 Å². The van der Waals surface area contributed by atoms with E-state index in [1.165, 1.54) is 0 Å². The highest BCUT2D eigenvalue weighted by atomic mass is 28.4. The van der Waals surface area contributed by atoms with Crippen molar-refractivity contribution in [2.45, 2.75) is 39.3 Å². The van der Waals surface area contributed by atoms with Crippen molar-refractivity contribution >= 4 is 32.5 Å². The molecule has 2 nitrogen and oxygen atoms in total. The van der Waals surface area contributed by atoms with Crippen LogP contribution in [0.5, 0.6) is 0 Å². The van der Waals surface area contributed by atoms with Crippen molar-refractivity contribution in [2.75, 3.05) is 0 Å². The molecule has 0 aromatic rings. The molecule has 11 heavy (non-hydrogen) atoms. The van der Waals surface area contributed by atoms with Gasteiger partial charge in [-0.25, -0.2) is 0 Å². The molecule has 0 rings (SSSR count). The van der Waals surface area contributed by atoms with Crippen molar-refractivity contribution in [1.82, 2.24) is 0 Å². The van der Waals surface area contributed by atoms with Crippen LogP contribution in [0.2, 0.25) is 39.3 Å². The van der Waals surface area contributed by atoms with Crippen LogP contribution in [-0.2, 0) is 6.96 Å². The zero-order valence-electron chi connectivity index (χ0n) is 8.39. The largest absolute Gasteiger partial charge is 0.644 e. The highest BCUT2D eigenvalue weighted by Crippen LogP contribution is 2.05. The Hall–Kier alpha value is 0.886. The smallest absolute Gasteiger partial charge is 0.529 e. The minimum atomic E-state index is -1.32. The SMILES string of the molecule is C[Si](C)(C)[O][Al][O][Si](C)(C)C. The van der Waals surface area contributed by atoms with Crippen molar-refractivity contribution in [2.24, 2.45) is 0 Å². The van der Waals surface area contributed by atoms with Crippen LogP contribution in [0.1, 0.15) is 0 Å².